The maximum atomic E-state index is 10.5. The van der Waals surface area contributed by atoms with E-state index < -0.39 is 42.5 Å². The normalized spacial score (nSPS) is 34.9. The van der Waals surface area contributed by atoms with Crippen molar-refractivity contribution in [3.05, 3.63) is 29.8 Å². The van der Waals surface area contributed by atoms with E-state index in [0.29, 0.717) is 11.3 Å². The maximum Gasteiger partial charge on any atom is 0.131 e. The largest absolute Gasteiger partial charge is 0.497 e. The number of hydrogen-bond acceptors (Lipinski definition) is 7. The molecule has 0 heterocycles. The van der Waals surface area contributed by atoms with Gasteiger partial charge in [0.1, 0.15) is 29.7 Å². The highest BCUT2D eigenvalue weighted by Gasteiger charge is 2.65. The van der Waals surface area contributed by atoms with Gasteiger partial charge in [0.15, 0.2) is 0 Å². The fourth-order valence-electron chi connectivity index (χ4n) is 2.84. The fourth-order valence-corrected chi connectivity index (χ4v) is 2.84. The predicted octanol–water partition coefficient (Wildman–Crippen LogP) is -2.04. The molecule has 7 heteroatoms. The molecule has 0 bridgehead atoms. The van der Waals surface area contributed by atoms with E-state index >= 15 is 0 Å². The molecule has 118 valence electrons. The lowest BCUT2D eigenvalue weighted by molar-refractivity contribution is -0.284. The standard InChI is InChI=1S/C14H20O7/c1-21-8-4-2-7(3-5-8)10-11(17)13(19)14(10,20)12(18)9(16)6-15/h2-5,9-13,15-20H,6H2,1H3/t9-,10?,11?,12-,13+,14+/m1/s1. The van der Waals surface area contributed by atoms with Gasteiger partial charge in [-0.2, -0.15) is 0 Å². The molecule has 1 aromatic carbocycles. The Morgan fingerprint density at radius 2 is 1.76 bits per heavy atom. The van der Waals surface area contributed by atoms with Crippen LogP contribution in [0.25, 0.3) is 0 Å². The Hall–Kier alpha value is -1.22. The number of benzene rings is 1. The van der Waals surface area contributed by atoms with Crippen LogP contribution in [0.2, 0.25) is 0 Å². The Morgan fingerprint density at radius 3 is 2.24 bits per heavy atom. The predicted molar refractivity (Wildman–Crippen MR) is 71.8 cm³/mol. The van der Waals surface area contributed by atoms with Crippen LogP contribution < -0.4 is 4.74 Å². The molecule has 1 aromatic rings. The van der Waals surface area contributed by atoms with Gasteiger partial charge in [-0.3, -0.25) is 0 Å². The second-order valence-electron chi connectivity index (χ2n) is 5.27. The van der Waals surface area contributed by atoms with Crippen LogP contribution in [0.5, 0.6) is 5.75 Å². The molecule has 0 saturated heterocycles. The smallest absolute Gasteiger partial charge is 0.131 e. The van der Waals surface area contributed by atoms with E-state index in [4.69, 9.17) is 9.84 Å². The first kappa shape index (κ1) is 16.2. The summed E-state index contributed by atoms with van der Waals surface area (Å²) in [4.78, 5) is 0. The Labute approximate surface area is 121 Å². The molecule has 6 atom stereocenters. The number of hydrogen-bond donors (Lipinski definition) is 6. The topological polar surface area (TPSA) is 131 Å². The summed E-state index contributed by atoms with van der Waals surface area (Å²) < 4.78 is 5.01. The van der Waals surface area contributed by atoms with E-state index in [1.54, 1.807) is 24.3 Å². The van der Waals surface area contributed by atoms with Crippen molar-refractivity contribution in [2.45, 2.75) is 35.9 Å². The van der Waals surface area contributed by atoms with Crippen LogP contribution >= 0.6 is 0 Å². The van der Waals surface area contributed by atoms with Crippen LogP contribution in [0.1, 0.15) is 11.5 Å². The molecule has 7 nitrogen and oxygen atoms in total. The molecule has 2 unspecified atom stereocenters. The minimum absolute atomic E-state index is 0.472. The number of methoxy groups -OCH3 is 1. The van der Waals surface area contributed by atoms with Crippen molar-refractivity contribution in [3.63, 3.8) is 0 Å². The summed E-state index contributed by atoms with van der Waals surface area (Å²) in [6, 6.07) is 6.40. The minimum Gasteiger partial charge on any atom is -0.497 e. The first-order valence-corrected chi connectivity index (χ1v) is 6.57. The molecular formula is C14H20O7. The molecule has 1 fully saturated rings. The van der Waals surface area contributed by atoms with E-state index in [9.17, 15) is 25.5 Å². The summed E-state index contributed by atoms with van der Waals surface area (Å²) in [7, 11) is 1.49. The summed E-state index contributed by atoms with van der Waals surface area (Å²) in [5.74, 6) is -0.415. The lowest BCUT2D eigenvalue weighted by atomic mass is 9.58. The van der Waals surface area contributed by atoms with Gasteiger partial charge in [0, 0.05) is 5.92 Å². The zero-order valence-corrected chi connectivity index (χ0v) is 11.5. The van der Waals surface area contributed by atoms with Crippen molar-refractivity contribution in [2.24, 2.45) is 0 Å². The Balaban J connectivity index is 2.31. The van der Waals surface area contributed by atoms with Crippen molar-refractivity contribution in [1.82, 2.24) is 0 Å². The molecule has 0 aliphatic heterocycles. The van der Waals surface area contributed by atoms with Gasteiger partial charge in [-0.1, -0.05) is 12.1 Å². The summed E-state index contributed by atoms with van der Waals surface area (Å²) in [5.41, 5.74) is -1.67. The summed E-state index contributed by atoms with van der Waals surface area (Å²) in [5, 5.41) is 58.6. The average molecular weight is 300 g/mol. The third-order valence-corrected chi connectivity index (χ3v) is 4.14. The van der Waals surface area contributed by atoms with Gasteiger partial charge in [-0.25, -0.2) is 0 Å². The van der Waals surface area contributed by atoms with Crippen LogP contribution in [-0.4, -0.2) is 74.4 Å². The first-order chi connectivity index (χ1) is 9.87. The van der Waals surface area contributed by atoms with Gasteiger partial charge in [0.2, 0.25) is 0 Å². The molecule has 1 aliphatic rings. The molecule has 21 heavy (non-hydrogen) atoms. The molecule has 1 saturated carbocycles. The molecule has 0 amide bonds. The summed E-state index contributed by atoms with van der Waals surface area (Å²) in [6.45, 7) is -0.776. The third-order valence-electron chi connectivity index (χ3n) is 4.14. The van der Waals surface area contributed by atoms with E-state index in [-0.39, 0.29) is 0 Å². The van der Waals surface area contributed by atoms with Crippen LogP contribution in [0.3, 0.4) is 0 Å². The fraction of sp³-hybridized carbons (Fsp3) is 0.571. The lowest BCUT2D eigenvalue weighted by Crippen LogP contribution is -2.75. The molecule has 0 spiro atoms. The maximum absolute atomic E-state index is 10.5. The van der Waals surface area contributed by atoms with Gasteiger partial charge in [-0.15, -0.1) is 0 Å². The molecule has 2 rings (SSSR count). The molecule has 0 aromatic heterocycles. The van der Waals surface area contributed by atoms with Crippen molar-refractivity contribution >= 4 is 0 Å². The second-order valence-corrected chi connectivity index (χ2v) is 5.27. The van der Waals surface area contributed by atoms with Crippen LogP contribution in [0.15, 0.2) is 24.3 Å². The van der Waals surface area contributed by atoms with Crippen molar-refractivity contribution in [1.29, 1.82) is 0 Å². The van der Waals surface area contributed by atoms with E-state index in [2.05, 4.69) is 0 Å². The van der Waals surface area contributed by atoms with Crippen LogP contribution in [0.4, 0.5) is 0 Å². The second kappa shape index (κ2) is 5.88. The molecule has 0 radical (unpaired) electrons. The highest BCUT2D eigenvalue weighted by atomic mass is 16.5. The number of ether oxygens (including phenoxy) is 1. The van der Waals surface area contributed by atoms with E-state index in [0.717, 1.165) is 0 Å². The van der Waals surface area contributed by atoms with E-state index in [1.807, 2.05) is 0 Å². The van der Waals surface area contributed by atoms with Gasteiger partial charge in [0.25, 0.3) is 0 Å². The van der Waals surface area contributed by atoms with Crippen molar-refractivity contribution in [2.75, 3.05) is 13.7 Å². The zero-order valence-electron chi connectivity index (χ0n) is 11.5. The zero-order chi connectivity index (χ0) is 15.8. The number of aliphatic hydroxyl groups is 6. The van der Waals surface area contributed by atoms with Gasteiger partial charge >= 0.3 is 0 Å². The molecule has 6 N–H and O–H groups in total. The Kier molecular flexibility index (Phi) is 4.52. The van der Waals surface area contributed by atoms with Crippen LogP contribution in [-0.2, 0) is 0 Å². The Bertz CT molecular complexity index is 477. The highest BCUT2D eigenvalue weighted by Crippen LogP contribution is 2.49. The van der Waals surface area contributed by atoms with E-state index in [1.165, 1.54) is 7.11 Å². The molecular weight excluding hydrogens is 280 g/mol. The quantitative estimate of drug-likeness (QED) is 0.369. The third kappa shape index (κ3) is 2.42. The van der Waals surface area contributed by atoms with Crippen molar-refractivity contribution < 1.29 is 35.4 Å². The number of rotatable bonds is 5. The highest BCUT2D eigenvalue weighted by molar-refractivity contribution is 5.37. The average Bonchev–Trinajstić information content (AvgIpc) is 2.53. The monoisotopic (exact) mass is 300 g/mol. The van der Waals surface area contributed by atoms with Crippen LogP contribution in [0, 0.1) is 0 Å². The Morgan fingerprint density at radius 1 is 1.19 bits per heavy atom. The summed E-state index contributed by atoms with van der Waals surface area (Å²) in [6.07, 6.45) is -6.34. The molecule has 1 aliphatic carbocycles. The SMILES string of the molecule is COc1ccc(C2C(O)[C@H](O)[C@@]2(O)[C@H](O)[C@H](O)CO)cc1. The van der Waals surface area contributed by atoms with Gasteiger partial charge in [-0.05, 0) is 17.7 Å². The van der Waals surface area contributed by atoms with Gasteiger partial charge in [0.05, 0.1) is 19.8 Å². The summed E-state index contributed by atoms with van der Waals surface area (Å²) >= 11 is 0. The first-order valence-electron chi connectivity index (χ1n) is 6.57. The van der Waals surface area contributed by atoms with Gasteiger partial charge < -0.3 is 35.4 Å². The van der Waals surface area contributed by atoms with Crippen molar-refractivity contribution in [3.8, 4) is 5.75 Å². The minimum atomic E-state index is -2.14. The lowest BCUT2D eigenvalue weighted by Gasteiger charge is -2.56. The number of aliphatic hydroxyl groups excluding tert-OH is 5.